The van der Waals surface area contributed by atoms with E-state index in [1.165, 1.54) is 16.7 Å². The lowest BCUT2D eigenvalue weighted by atomic mass is 9.85. The average molecular weight is 428 g/mol. The minimum atomic E-state index is 0.255. The van der Waals surface area contributed by atoms with Gasteiger partial charge in [0.05, 0.1) is 13.7 Å². The molecule has 1 aliphatic rings. The van der Waals surface area contributed by atoms with Gasteiger partial charge < -0.3 is 14.0 Å². The summed E-state index contributed by atoms with van der Waals surface area (Å²) in [6.45, 7) is 2.62. The Kier molecular flexibility index (Phi) is 5.85. The van der Waals surface area contributed by atoms with Crippen LogP contribution in [0, 0.1) is 0 Å². The van der Waals surface area contributed by atoms with Crippen LogP contribution in [0.4, 0.5) is 0 Å². The number of aromatic nitrogens is 2. The summed E-state index contributed by atoms with van der Waals surface area (Å²) in [5.41, 5.74) is 4.06. The Morgan fingerprint density at radius 2 is 1.69 bits per heavy atom. The van der Waals surface area contributed by atoms with Gasteiger partial charge in [-0.05, 0) is 41.0 Å². The van der Waals surface area contributed by atoms with Crippen LogP contribution in [0.25, 0.3) is 0 Å². The Balaban J connectivity index is 1.26. The first-order valence-electron chi connectivity index (χ1n) is 10.7. The van der Waals surface area contributed by atoms with E-state index >= 15 is 0 Å². The molecule has 32 heavy (non-hydrogen) atoms. The van der Waals surface area contributed by atoms with Crippen molar-refractivity contribution < 1.29 is 14.0 Å². The van der Waals surface area contributed by atoms with Crippen molar-refractivity contribution in [2.24, 2.45) is 0 Å². The maximum absolute atomic E-state index is 5.76. The van der Waals surface area contributed by atoms with Gasteiger partial charge in [-0.15, -0.1) is 0 Å². The van der Waals surface area contributed by atoms with Crippen molar-refractivity contribution in [1.29, 1.82) is 0 Å². The molecule has 0 unspecified atom stereocenters. The van der Waals surface area contributed by atoms with Crippen LogP contribution in [0.2, 0.25) is 0 Å². The van der Waals surface area contributed by atoms with Gasteiger partial charge in [-0.2, -0.15) is 4.98 Å². The number of fused-ring (bicyclic) bond motifs is 1. The highest BCUT2D eigenvalue weighted by Gasteiger charge is 2.27. The molecule has 0 saturated carbocycles. The predicted molar refractivity (Wildman–Crippen MR) is 120 cm³/mol. The number of methoxy groups -OCH3 is 1. The second-order valence-corrected chi connectivity index (χ2v) is 7.90. The zero-order valence-corrected chi connectivity index (χ0v) is 18.0. The summed E-state index contributed by atoms with van der Waals surface area (Å²) in [6, 6.07) is 26.8. The standard InChI is InChI=1S/C26H25N3O3/c1-30-21-11-13-22(14-12-21)31-18-25-27-26(32-28-25)17-29-15-20-9-5-6-10-23(20)24(16-29)19-7-3-2-4-8-19/h2-14,24H,15-18H2,1H3/t24-/m0/s1. The molecular formula is C26H25N3O3. The third-order valence-corrected chi connectivity index (χ3v) is 5.76. The molecule has 0 fully saturated rings. The van der Waals surface area contributed by atoms with Crippen molar-refractivity contribution in [3.8, 4) is 11.5 Å². The van der Waals surface area contributed by atoms with Crippen LogP contribution in [0.5, 0.6) is 11.5 Å². The van der Waals surface area contributed by atoms with Gasteiger partial charge in [-0.25, -0.2) is 0 Å². The van der Waals surface area contributed by atoms with Crippen LogP contribution >= 0.6 is 0 Å². The maximum Gasteiger partial charge on any atom is 0.240 e. The van der Waals surface area contributed by atoms with Gasteiger partial charge in [0.15, 0.2) is 6.61 Å². The van der Waals surface area contributed by atoms with Crippen LogP contribution in [0.15, 0.2) is 83.4 Å². The largest absolute Gasteiger partial charge is 0.497 e. The summed E-state index contributed by atoms with van der Waals surface area (Å²) in [4.78, 5) is 6.90. The maximum atomic E-state index is 5.76. The van der Waals surface area contributed by atoms with Crippen LogP contribution in [0.3, 0.4) is 0 Å². The molecule has 1 aliphatic heterocycles. The fourth-order valence-electron chi connectivity index (χ4n) is 4.20. The van der Waals surface area contributed by atoms with Gasteiger partial charge in [-0.1, -0.05) is 59.8 Å². The lowest BCUT2D eigenvalue weighted by molar-refractivity contribution is 0.200. The molecule has 0 amide bonds. The van der Waals surface area contributed by atoms with Crippen molar-refractivity contribution in [1.82, 2.24) is 15.0 Å². The van der Waals surface area contributed by atoms with E-state index in [9.17, 15) is 0 Å². The third kappa shape index (κ3) is 4.50. The van der Waals surface area contributed by atoms with Gasteiger partial charge in [-0.3, -0.25) is 4.90 Å². The number of ether oxygens (including phenoxy) is 2. The van der Waals surface area contributed by atoms with Crippen LogP contribution in [-0.4, -0.2) is 28.7 Å². The van der Waals surface area contributed by atoms with Crippen molar-refractivity contribution >= 4 is 0 Å². The highest BCUT2D eigenvalue weighted by atomic mass is 16.5. The summed E-state index contributed by atoms with van der Waals surface area (Å²) in [6.07, 6.45) is 0. The first kappa shape index (κ1) is 20.3. The highest BCUT2D eigenvalue weighted by Crippen LogP contribution is 2.33. The van der Waals surface area contributed by atoms with Crippen molar-refractivity contribution in [3.05, 3.63) is 107 Å². The van der Waals surface area contributed by atoms with E-state index in [2.05, 4.69) is 69.6 Å². The SMILES string of the molecule is COc1ccc(OCc2noc(CN3Cc4ccccc4[C@H](c4ccccc4)C3)n2)cc1. The number of rotatable bonds is 7. The van der Waals surface area contributed by atoms with Crippen LogP contribution in [0.1, 0.15) is 34.3 Å². The molecule has 0 spiro atoms. The minimum Gasteiger partial charge on any atom is -0.497 e. The molecule has 6 heteroatoms. The van der Waals surface area contributed by atoms with Crippen LogP contribution in [-0.2, 0) is 19.7 Å². The molecule has 2 heterocycles. The molecule has 1 atom stereocenters. The molecule has 0 saturated heterocycles. The molecule has 0 bridgehead atoms. The molecule has 0 aliphatic carbocycles. The molecule has 4 aromatic rings. The van der Waals surface area contributed by atoms with Gasteiger partial charge in [0.1, 0.15) is 11.5 Å². The van der Waals surface area contributed by atoms with Crippen LogP contribution < -0.4 is 9.47 Å². The van der Waals surface area contributed by atoms with E-state index in [1.54, 1.807) is 7.11 Å². The Morgan fingerprint density at radius 1 is 0.938 bits per heavy atom. The second-order valence-electron chi connectivity index (χ2n) is 7.90. The fourth-order valence-corrected chi connectivity index (χ4v) is 4.20. The summed E-state index contributed by atoms with van der Waals surface area (Å²) in [5.74, 6) is 2.98. The average Bonchev–Trinajstić information content (AvgIpc) is 3.30. The van der Waals surface area contributed by atoms with E-state index in [0.29, 0.717) is 24.2 Å². The van der Waals surface area contributed by atoms with Gasteiger partial charge in [0, 0.05) is 19.0 Å². The monoisotopic (exact) mass is 427 g/mol. The second kappa shape index (κ2) is 9.24. The van der Waals surface area contributed by atoms with E-state index < -0.39 is 0 Å². The Bertz CT molecular complexity index is 1160. The molecule has 5 rings (SSSR count). The van der Waals surface area contributed by atoms with E-state index in [0.717, 1.165) is 24.6 Å². The number of hydrogen-bond acceptors (Lipinski definition) is 6. The van der Waals surface area contributed by atoms with Gasteiger partial charge in [0.2, 0.25) is 11.7 Å². The zero-order valence-electron chi connectivity index (χ0n) is 18.0. The molecule has 162 valence electrons. The zero-order chi connectivity index (χ0) is 21.8. The molecule has 3 aromatic carbocycles. The smallest absolute Gasteiger partial charge is 0.240 e. The fraction of sp³-hybridized carbons (Fsp3) is 0.231. The molecule has 1 aromatic heterocycles. The van der Waals surface area contributed by atoms with Crippen molar-refractivity contribution in [2.45, 2.75) is 25.6 Å². The quantitative estimate of drug-likeness (QED) is 0.422. The van der Waals surface area contributed by atoms with E-state index in [1.807, 2.05) is 24.3 Å². The summed E-state index contributed by atoms with van der Waals surface area (Å²) >= 11 is 0. The van der Waals surface area contributed by atoms with E-state index in [4.69, 9.17) is 14.0 Å². The highest BCUT2D eigenvalue weighted by molar-refractivity contribution is 5.40. The normalized spacial score (nSPS) is 15.8. The number of nitrogens with zero attached hydrogens (tertiary/aromatic N) is 3. The first-order valence-corrected chi connectivity index (χ1v) is 10.7. The number of benzene rings is 3. The molecule has 0 N–H and O–H groups in total. The minimum absolute atomic E-state index is 0.255. The topological polar surface area (TPSA) is 60.6 Å². The Hall–Kier alpha value is -3.64. The lowest BCUT2D eigenvalue weighted by Gasteiger charge is -2.34. The first-order chi connectivity index (χ1) is 15.8. The third-order valence-electron chi connectivity index (χ3n) is 5.76. The number of hydrogen-bond donors (Lipinski definition) is 0. The molecule has 6 nitrogen and oxygen atoms in total. The molecular weight excluding hydrogens is 402 g/mol. The Morgan fingerprint density at radius 3 is 2.50 bits per heavy atom. The predicted octanol–water partition coefficient (Wildman–Crippen LogP) is 4.80. The summed E-state index contributed by atoms with van der Waals surface area (Å²) < 4.78 is 16.4. The van der Waals surface area contributed by atoms with Gasteiger partial charge in [0.25, 0.3) is 0 Å². The van der Waals surface area contributed by atoms with E-state index in [-0.39, 0.29) is 6.61 Å². The van der Waals surface area contributed by atoms with Crippen molar-refractivity contribution in [2.75, 3.05) is 13.7 Å². The van der Waals surface area contributed by atoms with Crippen molar-refractivity contribution in [3.63, 3.8) is 0 Å². The summed E-state index contributed by atoms with van der Waals surface area (Å²) in [5, 5.41) is 4.09. The summed E-state index contributed by atoms with van der Waals surface area (Å²) in [7, 11) is 1.64. The van der Waals surface area contributed by atoms with Gasteiger partial charge >= 0.3 is 0 Å². The molecule has 0 radical (unpaired) electrons. The lowest BCUT2D eigenvalue weighted by Crippen LogP contribution is -2.33. The Labute approximate surface area is 187 Å².